The first-order chi connectivity index (χ1) is 14.8. The van der Waals surface area contributed by atoms with Gasteiger partial charge in [0.2, 0.25) is 0 Å². The number of hydroxylamine groups is 1. The number of benzene rings is 2. The lowest BCUT2D eigenvalue weighted by Gasteiger charge is -2.24. The highest BCUT2D eigenvalue weighted by molar-refractivity contribution is 6.04. The third-order valence-corrected chi connectivity index (χ3v) is 4.43. The monoisotopic (exact) mass is 419 g/mol. The van der Waals surface area contributed by atoms with E-state index in [0.717, 1.165) is 5.56 Å². The van der Waals surface area contributed by atoms with Gasteiger partial charge in [0.1, 0.15) is 12.4 Å². The second-order valence-corrected chi connectivity index (χ2v) is 8.02. The molecule has 160 valence electrons. The summed E-state index contributed by atoms with van der Waals surface area (Å²) >= 11 is 0. The Hall–Kier alpha value is -3.74. The molecule has 0 bridgehead atoms. The molecule has 31 heavy (non-hydrogen) atoms. The van der Waals surface area contributed by atoms with Gasteiger partial charge in [0.25, 0.3) is 5.91 Å². The van der Waals surface area contributed by atoms with Crippen LogP contribution in [0.3, 0.4) is 0 Å². The molecule has 0 spiro atoms. The minimum absolute atomic E-state index is 0.280. The second-order valence-electron chi connectivity index (χ2n) is 8.02. The van der Waals surface area contributed by atoms with E-state index in [1.54, 1.807) is 36.4 Å². The van der Waals surface area contributed by atoms with Gasteiger partial charge in [-0.1, -0.05) is 30.3 Å². The van der Waals surface area contributed by atoms with E-state index in [9.17, 15) is 9.59 Å². The fraction of sp³-hybridized carbons (Fsp3) is 0.250. The number of hydrogen-bond donors (Lipinski definition) is 0. The zero-order valence-corrected chi connectivity index (χ0v) is 18.0. The number of nitrogens with zero attached hydrogens (tertiary/aromatic N) is 3. The Kier molecular flexibility index (Phi) is 6.65. The molecule has 0 aliphatic carbocycles. The summed E-state index contributed by atoms with van der Waals surface area (Å²) < 4.78 is 5.55. The van der Waals surface area contributed by atoms with Gasteiger partial charge in [-0.3, -0.25) is 9.59 Å². The third kappa shape index (κ3) is 5.66. The average molecular weight is 419 g/mol. The molecule has 2 aromatic carbocycles. The van der Waals surface area contributed by atoms with Crippen LogP contribution in [0.4, 0.5) is 5.69 Å². The van der Waals surface area contributed by atoms with Crippen molar-refractivity contribution in [2.24, 2.45) is 5.41 Å². The van der Waals surface area contributed by atoms with Gasteiger partial charge in [0.05, 0.1) is 16.7 Å². The van der Waals surface area contributed by atoms with Gasteiger partial charge in [0, 0.05) is 12.4 Å². The fourth-order valence-corrected chi connectivity index (χ4v) is 2.61. The Labute approximate surface area is 181 Å². The second kappa shape index (κ2) is 9.38. The van der Waals surface area contributed by atoms with E-state index >= 15 is 0 Å². The first-order valence-corrected chi connectivity index (χ1v) is 9.89. The predicted molar refractivity (Wildman–Crippen MR) is 116 cm³/mol. The van der Waals surface area contributed by atoms with Crippen LogP contribution >= 0.6 is 0 Å². The molecule has 0 aliphatic rings. The van der Waals surface area contributed by atoms with E-state index in [0.29, 0.717) is 11.4 Å². The molecule has 0 radical (unpaired) electrons. The third-order valence-electron chi connectivity index (χ3n) is 4.43. The molecule has 0 fully saturated rings. The van der Waals surface area contributed by atoms with Crippen molar-refractivity contribution >= 4 is 17.6 Å². The molecule has 0 saturated carbocycles. The van der Waals surface area contributed by atoms with E-state index in [2.05, 4.69) is 9.97 Å². The lowest BCUT2D eigenvalue weighted by molar-refractivity contribution is -0.158. The van der Waals surface area contributed by atoms with Gasteiger partial charge in [-0.05, 0) is 57.5 Å². The summed E-state index contributed by atoms with van der Waals surface area (Å²) in [6.45, 7) is 7.23. The Morgan fingerprint density at radius 3 is 2.13 bits per heavy atom. The molecule has 1 amide bonds. The minimum atomic E-state index is -0.585. The molecule has 0 N–H and O–H groups in total. The van der Waals surface area contributed by atoms with E-state index in [-0.39, 0.29) is 11.5 Å². The van der Waals surface area contributed by atoms with Crippen molar-refractivity contribution in [1.82, 2.24) is 9.97 Å². The summed E-state index contributed by atoms with van der Waals surface area (Å²) in [5.74, 6) is -0.189. The smallest absolute Gasteiger partial charge is 0.311 e. The number of amides is 1. The topological polar surface area (TPSA) is 81.6 Å². The van der Waals surface area contributed by atoms with Crippen LogP contribution in [-0.4, -0.2) is 21.8 Å². The van der Waals surface area contributed by atoms with Crippen molar-refractivity contribution in [1.29, 1.82) is 0 Å². The highest BCUT2D eigenvalue weighted by Crippen LogP contribution is 2.26. The molecule has 3 rings (SSSR count). The summed E-state index contributed by atoms with van der Waals surface area (Å²) in [7, 11) is 0. The van der Waals surface area contributed by atoms with Crippen LogP contribution in [0, 0.1) is 5.41 Å². The zero-order valence-electron chi connectivity index (χ0n) is 18.0. The van der Waals surface area contributed by atoms with Crippen LogP contribution in [0.15, 0.2) is 73.3 Å². The lowest BCUT2D eigenvalue weighted by atomic mass is 9.97. The first-order valence-electron chi connectivity index (χ1n) is 9.89. The van der Waals surface area contributed by atoms with Crippen LogP contribution in [0.25, 0.3) is 0 Å². The maximum absolute atomic E-state index is 13.1. The van der Waals surface area contributed by atoms with Crippen molar-refractivity contribution in [3.63, 3.8) is 0 Å². The van der Waals surface area contributed by atoms with E-state index < -0.39 is 17.4 Å². The van der Waals surface area contributed by atoms with Crippen molar-refractivity contribution in [2.45, 2.75) is 33.8 Å². The summed E-state index contributed by atoms with van der Waals surface area (Å²) in [5.41, 5.74) is 1.01. The van der Waals surface area contributed by atoms with Crippen LogP contribution in [0.1, 0.15) is 49.7 Å². The van der Waals surface area contributed by atoms with Crippen LogP contribution < -0.4 is 9.90 Å². The number of carbonyl (C=O) groups is 2. The van der Waals surface area contributed by atoms with E-state index in [1.807, 2.05) is 45.9 Å². The average Bonchev–Trinajstić information content (AvgIpc) is 2.78. The summed E-state index contributed by atoms with van der Waals surface area (Å²) in [6, 6.07) is 16.1. The van der Waals surface area contributed by atoms with E-state index in [4.69, 9.17) is 9.57 Å². The van der Waals surface area contributed by atoms with Gasteiger partial charge in [-0.15, -0.1) is 5.06 Å². The Morgan fingerprint density at radius 2 is 1.55 bits per heavy atom. The molecule has 1 heterocycles. The molecule has 0 aliphatic heterocycles. The quantitative estimate of drug-likeness (QED) is 0.423. The maximum Gasteiger partial charge on any atom is 0.311 e. The van der Waals surface area contributed by atoms with Gasteiger partial charge in [-0.25, -0.2) is 9.97 Å². The number of ether oxygens (including phenoxy) is 1. The summed E-state index contributed by atoms with van der Waals surface area (Å²) in [5, 5.41) is 1.18. The highest BCUT2D eigenvalue weighted by Gasteiger charge is 2.26. The Balaban J connectivity index is 1.85. The molecular formula is C24H25N3O4. The predicted octanol–water partition coefficient (Wildman–Crippen LogP) is 4.77. The van der Waals surface area contributed by atoms with Crippen LogP contribution in [-0.2, 0) is 9.53 Å². The van der Waals surface area contributed by atoms with Crippen molar-refractivity contribution < 1.29 is 19.2 Å². The minimum Gasteiger partial charge on any atom is -0.457 e. The number of rotatable bonds is 6. The van der Waals surface area contributed by atoms with Gasteiger partial charge >= 0.3 is 5.97 Å². The van der Waals surface area contributed by atoms with Crippen molar-refractivity contribution in [3.05, 3.63) is 84.4 Å². The van der Waals surface area contributed by atoms with Crippen LogP contribution in [0.2, 0.25) is 0 Å². The molecule has 7 heteroatoms. The molecule has 1 aromatic heterocycles. The molecule has 1 unspecified atom stereocenters. The fourth-order valence-electron chi connectivity index (χ4n) is 2.61. The van der Waals surface area contributed by atoms with E-state index in [1.165, 1.54) is 23.8 Å². The molecule has 7 nitrogen and oxygen atoms in total. The van der Waals surface area contributed by atoms with Gasteiger partial charge in [-0.2, -0.15) is 0 Å². The number of anilines is 1. The first kappa shape index (κ1) is 22.0. The number of esters is 1. The lowest BCUT2D eigenvalue weighted by Crippen LogP contribution is -2.34. The number of aromatic nitrogens is 2. The van der Waals surface area contributed by atoms with Crippen molar-refractivity contribution in [2.75, 3.05) is 5.06 Å². The molecular weight excluding hydrogens is 394 g/mol. The summed E-state index contributed by atoms with van der Waals surface area (Å²) in [6.07, 6.45) is 3.79. The number of para-hydroxylation sites is 1. The largest absolute Gasteiger partial charge is 0.457 e. The van der Waals surface area contributed by atoms with Crippen molar-refractivity contribution in [3.8, 4) is 5.75 Å². The molecule has 3 aromatic rings. The Bertz CT molecular complexity index is 1020. The standard InChI is InChI=1S/C24H25N3O4/c1-17(30-23(29)24(2,3)4)18-10-12-20(13-11-18)27(31-21-8-6-5-7-9-21)22(28)19-14-25-16-26-15-19/h5-17H,1-4H3. The molecule has 1 atom stereocenters. The van der Waals surface area contributed by atoms with Gasteiger partial charge in [0.15, 0.2) is 5.75 Å². The highest BCUT2D eigenvalue weighted by atomic mass is 16.7. The normalized spacial score (nSPS) is 12.0. The maximum atomic E-state index is 13.1. The number of carbonyl (C=O) groups excluding carboxylic acids is 2. The van der Waals surface area contributed by atoms with Gasteiger partial charge < -0.3 is 9.57 Å². The van der Waals surface area contributed by atoms with Crippen LogP contribution in [0.5, 0.6) is 5.75 Å². The molecule has 0 saturated heterocycles. The SMILES string of the molecule is CC(OC(=O)C(C)(C)C)c1ccc(N(Oc2ccccc2)C(=O)c2cncnc2)cc1. The Morgan fingerprint density at radius 1 is 0.935 bits per heavy atom. The summed E-state index contributed by atoms with van der Waals surface area (Å²) in [4.78, 5) is 38.9. The number of hydrogen-bond acceptors (Lipinski definition) is 6. The zero-order chi connectivity index (χ0) is 22.4.